The molecule has 2 atom stereocenters. The topological polar surface area (TPSA) is 96.2 Å². The monoisotopic (exact) mass is 348 g/mol. The Morgan fingerprint density at radius 1 is 0.917 bits per heavy atom. The first-order valence-corrected chi connectivity index (χ1v) is 9.34. The number of rotatable bonds is 17. The van der Waals surface area contributed by atoms with E-state index in [0.29, 0.717) is 6.42 Å². The number of esters is 1. The molecule has 144 valence electrons. The molecule has 0 heterocycles. The summed E-state index contributed by atoms with van der Waals surface area (Å²) in [5, 5.41) is 27.0. The van der Waals surface area contributed by atoms with E-state index in [1.165, 1.54) is 38.5 Å². The van der Waals surface area contributed by atoms with Crippen LogP contribution in [0.4, 0.5) is 0 Å². The molecule has 0 fully saturated rings. The first-order chi connectivity index (χ1) is 11.6. The van der Waals surface area contributed by atoms with Crippen LogP contribution in [0, 0.1) is 0 Å². The molecule has 0 saturated heterocycles. The molecule has 0 aliphatic heterocycles. The molecule has 0 spiro atoms. The summed E-state index contributed by atoms with van der Waals surface area (Å²) in [6.45, 7) is 1.56. The highest BCUT2D eigenvalue weighted by Crippen LogP contribution is 2.11. The van der Waals surface area contributed by atoms with Gasteiger partial charge in [-0.15, -0.1) is 0 Å². The molecule has 0 aromatic rings. The Labute approximate surface area is 146 Å². The fourth-order valence-electron chi connectivity index (χ4n) is 2.34. The second kappa shape index (κ2) is 17.1. The van der Waals surface area contributed by atoms with E-state index in [2.05, 4.69) is 6.92 Å². The number of carbonyl (C=O) groups is 1. The zero-order valence-corrected chi connectivity index (χ0v) is 15.1. The molecule has 0 saturated carbocycles. The third-order valence-corrected chi connectivity index (χ3v) is 3.86. The molecule has 6 heteroatoms. The van der Waals surface area contributed by atoms with Crippen LogP contribution in [0.2, 0.25) is 0 Å². The van der Waals surface area contributed by atoms with Crippen LogP contribution in [0.15, 0.2) is 0 Å². The maximum Gasteiger partial charge on any atom is 0.308 e. The van der Waals surface area contributed by atoms with Gasteiger partial charge in [-0.3, -0.25) is 4.79 Å². The van der Waals surface area contributed by atoms with Crippen LogP contribution in [0.1, 0.15) is 77.6 Å². The van der Waals surface area contributed by atoms with Crippen LogP contribution in [0.3, 0.4) is 0 Å². The SMILES string of the molecule is CCCCCCCCCCCC(=O)OC(CO)OCCC(O)CO. The summed E-state index contributed by atoms with van der Waals surface area (Å²) in [5.74, 6) is -0.375. The van der Waals surface area contributed by atoms with Gasteiger partial charge in [0.05, 0.1) is 19.3 Å². The van der Waals surface area contributed by atoms with Crippen molar-refractivity contribution in [3.63, 3.8) is 0 Å². The molecule has 0 radical (unpaired) electrons. The van der Waals surface area contributed by atoms with E-state index in [9.17, 15) is 9.90 Å². The molecule has 3 N–H and O–H groups in total. The number of aliphatic hydroxyl groups is 3. The van der Waals surface area contributed by atoms with Crippen molar-refractivity contribution in [3.8, 4) is 0 Å². The number of aliphatic hydroxyl groups excluding tert-OH is 3. The van der Waals surface area contributed by atoms with Crippen molar-refractivity contribution >= 4 is 5.97 Å². The van der Waals surface area contributed by atoms with E-state index < -0.39 is 19.0 Å². The second-order valence-electron chi connectivity index (χ2n) is 6.18. The Balaban J connectivity index is 3.54. The third kappa shape index (κ3) is 14.9. The summed E-state index contributed by atoms with van der Waals surface area (Å²) in [6, 6.07) is 0. The Kier molecular flexibility index (Phi) is 16.7. The van der Waals surface area contributed by atoms with Gasteiger partial charge in [0.25, 0.3) is 0 Å². The Morgan fingerprint density at radius 3 is 2.04 bits per heavy atom. The largest absolute Gasteiger partial charge is 0.433 e. The van der Waals surface area contributed by atoms with Crippen molar-refractivity contribution in [2.45, 2.75) is 89.9 Å². The smallest absolute Gasteiger partial charge is 0.308 e. The minimum Gasteiger partial charge on any atom is -0.433 e. The van der Waals surface area contributed by atoms with Gasteiger partial charge >= 0.3 is 5.97 Å². The number of carbonyl (C=O) groups excluding carboxylic acids is 1. The van der Waals surface area contributed by atoms with Crippen molar-refractivity contribution < 1.29 is 29.6 Å². The fourth-order valence-corrected chi connectivity index (χ4v) is 2.34. The molecule has 6 nitrogen and oxygen atoms in total. The average Bonchev–Trinajstić information content (AvgIpc) is 2.59. The van der Waals surface area contributed by atoms with Crippen molar-refractivity contribution in [2.24, 2.45) is 0 Å². The normalized spacial score (nSPS) is 13.7. The van der Waals surface area contributed by atoms with E-state index in [0.717, 1.165) is 19.3 Å². The Morgan fingerprint density at radius 2 is 1.50 bits per heavy atom. The van der Waals surface area contributed by atoms with Gasteiger partial charge in [-0.25, -0.2) is 0 Å². The van der Waals surface area contributed by atoms with Crippen LogP contribution in [0.25, 0.3) is 0 Å². The summed E-state index contributed by atoms with van der Waals surface area (Å²) in [7, 11) is 0. The summed E-state index contributed by atoms with van der Waals surface area (Å²) < 4.78 is 10.2. The standard InChI is InChI=1S/C18H36O6/c1-2-3-4-5-6-7-8-9-10-11-17(22)24-18(15-20)23-13-12-16(21)14-19/h16,18-21H,2-15H2,1H3. The van der Waals surface area contributed by atoms with E-state index in [1.54, 1.807) is 0 Å². The molecule has 0 aliphatic rings. The highest BCUT2D eigenvalue weighted by Gasteiger charge is 2.14. The first-order valence-electron chi connectivity index (χ1n) is 9.34. The lowest BCUT2D eigenvalue weighted by Crippen LogP contribution is -2.27. The number of hydrogen-bond acceptors (Lipinski definition) is 6. The van der Waals surface area contributed by atoms with Gasteiger partial charge in [-0.1, -0.05) is 58.3 Å². The highest BCUT2D eigenvalue weighted by molar-refractivity contribution is 5.69. The molecule has 0 bridgehead atoms. The van der Waals surface area contributed by atoms with E-state index in [4.69, 9.17) is 19.7 Å². The van der Waals surface area contributed by atoms with Crippen molar-refractivity contribution in [3.05, 3.63) is 0 Å². The number of hydrogen-bond donors (Lipinski definition) is 3. The predicted octanol–water partition coefficient (Wildman–Crippen LogP) is 2.53. The summed E-state index contributed by atoms with van der Waals surface area (Å²) in [6.07, 6.45) is 9.32. The van der Waals surface area contributed by atoms with E-state index >= 15 is 0 Å². The van der Waals surface area contributed by atoms with Gasteiger partial charge in [0.15, 0.2) is 0 Å². The Bertz CT molecular complexity index is 285. The van der Waals surface area contributed by atoms with E-state index in [-0.39, 0.29) is 25.6 Å². The molecule has 24 heavy (non-hydrogen) atoms. The minimum atomic E-state index is -0.998. The maximum atomic E-state index is 11.7. The first kappa shape index (κ1) is 23.3. The van der Waals surface area contributed by atoms with Crippen LogP contribution >= 0.6 is 0 Å². The van der Waals surface area contributed by atoms with E-state index in [1.807, 2.05) is 0 Å². The van der Waals surface area contributed by atoms with Gasteiger partial charge in [0.2, 0.25) is 6.29 Å². The molecule has 0 aromatic carbocycles. The fraction of sp³-hybridized carbons (Fsp3) is 0.944. The van der Waals surface area contributed by atoms with Gasteiger partial charge in [-0.2, -0.15) is 0 Å². The maximum absolute atomic E-state index is 11.7. The van der Waals surface area contributed by atoms with Gasteiger partial charge < -0.3 is 24.8 Å². The predicted molar refractivity (Wildman–Crippen MR) is 92.5 cm³/mol. The quantitative estimate of drug-likeness (QED) is 0.212. The summed E-state index contributed by atoms with van der Waals surface area (Å²) in [4.78, 5) is 11.7. The lowest BCUT2D eigenvalue weighted by atomic mass is 10.1. The van der Waals surface area contributed by atoms with Crippen LogP contribution in [-0.4, -0.2) is 53.5 Å². The molecule has 0 amide bonds. The minimum absolute atomic E-state index is 0.109. The lowest BCUT2D eigenvalue weighted by Gasteiger charge is -2.17. The molecular formula is C18H36O6. The van der Waals surface area contributed by atoms with Gasteiger partial charge in [0, 0.05) is 6.42 Å². The number of ether oxygens (including phenoxy) is 2. The third-order valence-electron chi connectivity index (χ3n) is 3.86. The highest BCUT2D eigenvalue weighted by atomic mass is 16.7. The molecule has 0 rings (SSSR count). The van der Waals surface area contributed by atoms with Crippen LogP contribution in [0.5, 0.6) is 0 Å². The molecule has 0 aromatic heterocycles. The lowest BCUT2D eigenvalue weighted by molar-refractivity contribution is -0.188. The summed E-state index contributed by atoms with van der Waals surface area (Å²) >= 11 is 0. The van der Waals surface area contributed by atoms with Crippen molar-refractivity contribution in [2.75, 3.05) is 19.8 Å². The zero-order valence-electron chi connectivity index (χ0n) is 15.1. The van der Waals surface area contributed by atoms with Crippen molar-refractivity contribution in [1.82, 2.24) is 0 Å². The molecule has 0 aliphatic carbocycles. The van der Waals surface area contributed by atoms with Crippen molar-refractivity contribution in [1.29, 1.82) is 0 Å². The summed E-state index contributed by atoms with van der Waals surface area (Å²) in [5.41, 5.74) is 0. The van der Waals surface area contributed by atoms with Gasteiger partial charge in [0.1, 0.15) is 6.61 Å². The average molecular weight is 348 g/mol. The zero-order chi connectivity index (χ0) is 18.0. The van der Waals surface area contributed by atoms with Crippen LogP contribution in [-0.2, 0) is 14.3 Å². The Hall–Kier alpha value is -0.690. The second-order valence-corrected chi connectivity index (χ2v) is 6.18. The van der Waals surface area contributed by atoms with Crippen LogP contribution < -0.4 is 0 Å². The number of unbranched alkanes of at least 4 members (excludes halogenated alkanes) is 8. The molecule has 2 unspecified atom stereocenters. The van der Waals surface area contributed by atoms with Gasteiger partial charge in [-0.05, 0) is 12.8 Å². The molecular weight excluding hydrogens is 312 g/mol.